The summed E-state index contributed by atoms with van der Waals surface area (Å²) in [6.45, 7) is 6.14. The summed E-state index contributed by atoms with van der Waals surface area (Å²) < 4.78 is 65.5. The monoisotopic (exact) mass is 396 g/mol. The number of hydrogen-bond donors (Lipinski definition) is 2. The molecule has 0 aliphatic heterocycles. The van der Waals surface area contributed by atoms with Crippen LogP contribution in [0.1, 0.15) is 0 Å². The highest BCUT2D eigenvalue weighted by molar-refractivity contribution is 5.89. The van der Waals surface area contributed by atoms with E-state index in [4.69, 9.17) is 11.5 Å². The average Bonchev–Trinajstić information content (AvgIpc) is 2.61. The predicted octanol–water partition coefficient (Wildman–Crippen LogP) is 2.67. The highest BCUT2D eigenvalue weighted by Crippen LogP contribution is 2.34. The van der Waals surface area contributed by atoms with Crippen molar-refractivity contribution in [1.82, 2.24) is 0 Å². The molecule has 6 nitrogen and oxygen atoms in total. The molecule has 28 heavy (non-hydrogen) atoms. The molecule has 4 N–H and O–H groups in total. The van der Waals surface area contributed by atoms with Gasteiger partial charge >= 0.3 is 11.9 Å². The summed E-state index contributed by atoms with van der Waals surface area (Å²) in [7, 11) is 0. The van der Waals surface area contributed by atoms with Gasteiger partial charge in [0.1, 0.15) is 11.4 Å². The van der Waals surface area contributed by atoms with E-state index >= 15 is 0 Å². The fourth-order valence-electron chi connectivity index (χ4n) is 1.97. The molecule has 0 fully saturated rings. The Kier molecular flexibility index (Phi) is 5.73. The van der Waals surface area contributed by atoms with Gasteiger partial charge in [-0.2, -0.15) is 4.39 Å². The number of benzene rings is 2. The Labute approximate surface area is 155 Å². The highest BCUT2D eigenvalue weighted by atomic mass is 19.2. The Hall–Kier alpha value is -3.82. The lowest BCUT2D eigenvalue weighted by molar-refractivity contribution is -0.131. The van der Waals surface area contributed by atoms with Crippen molar-refractivity contribution in [1.29, 1.82) is 0 Å². The molecule has 10 heteroatoms. The van der Waals surface area contributed by atoms with Crippen LogP contribution < -0.4 is 20.9 Å². The van der Waals surface area contributed by atoms with E-state index in [1.807, 2.05) is 0 Å². The van der Waals surface area contributed by atoms with Gasteiger partial charge in [-0.25, -0.2) is 22.8 Å². The number of rotatable bonds is 5. The SMILES string of the molecule is C=C(N)C(=O)Oc1ccc(-c2cc(F)c(OC(=O)C(=C)N)c(F)c2)c(F)c1F. The molecule has 0 amide bonds. The second-order valence-electron chi connectivity index (χ2n) is 5.34. The molecule has 0 atom stereocenters. The molecule has 0 radical (unpaired) electrons. The van der Waals surface area contributed by atoms with Crippen LogP contribution in [0.3, 0.4) is 0 Å². The van der Waals surface area contributed by atoms with E-state index in [-0.39, 0.29) is 0 Å². The van der Waals surface area contributed by atoms with Gasteiger partial charge in [0.05, 0.1) is 0 Å². The van der Waals surface area contributed by atoms with Crippen molar-refractivity contribution in [3.63, 3.8) is 0 Å². The smallest absolute Gasteiger partial charge is 0.359 e. The molecule has 0 saturated heterocycles. The van der Waals surface area contributed by atoms with E-state index in [2.05, 4.69) is 22.6 Å². The van der Waals surface area contributed by atoms with Gasteiger partial charge in [-0.05, 0) is 29.8 Å². The Morgan fingerprint density at radius 2 is 1.32 bits per heavy atom. The number of hydrogen-bond acceptors (Lipinski definition) is 6. The molecule has 0 spiro atoms. The van der Waals surface area contributed by atoms with Gasteiger partial charge in [0.15, 0.2) is 23.2 Å². The number of esters is 2. The van der Waals surface area contributed by atoms with Gasteiger partial charge in [-0.1, -0.05) is 13.2 Å². The molecule has 0 aliphatic carbocycles. The molecule has 0 bridgehead atoms. The maximum atomic E-state index is 14.3. The zero-order valence-electron chi connectivity index (χ0n) is 14.0. The van der Waals surface area contributed by atoms with Crippen LogP contribution in [0, 0.1) is 23.3 Å². The van der Waals surface area contributed by atoms with Crippen LogP contribution in [0.4, 0.5) is 17.6 Å². The number of ether oxygens (including phenoxy) is 2. The first-order valence-electron chi connectivity index (χ1n) is 7.33. The summed E-state index contributed by atoms with van der Waals surface area (Å²) in [6, 6.07) is 2.99. The maximum absolute atomic E-state index is 14.3. The van der Waals surface area contributed by atoms with Crippen LogP contribution in [-0.4, -0.2) is 11.9 Å². The second-order valence-corrected chi connectivity index (χ2v) is 5.34. The van der Waals surface area contributed by atoms with E-state index in [9.17, 15) is 27.2 Å². The van der Waals surface area contributed by atoms with Crippen molar-refractivity contribution >= 4 is 11.9 Å². The van der Waals surface area contributed by atoms with Crippen molar-refractivity contribution in [2.45, 2.75) is 0 Å². The lowest BCUT2D eigenvalue weighted by atomic mass is 10.0. The van der Waals surface area contributed by atoms with Crippen LogP contribution in [-0.2, 0) is 9.59 Å². The summed E-state index contributed by atoms with van der Waals surface area (Å²) in [5.74, 6) is -10.3. The highest BCUT2D eigenvalue weighted by Gasteiger charge is 2.22. The molecule has 2 aromatic carbocycles. The number of nitrogens with two attached hydrogens (primary N) is 2. The third kappa shape index (κ3) is 4.11. The van der Waals surface area contributed by atoms with Crippen LogP contribution in [0.15, 0.2) is 48.8 Å². The Morgan fingerprint density at radius 1 is 0.821 bits per heavy atom. The molecule has 0 aliphatic rings. The van der Waals surface area contributed by atoms with Crippen molar-refractivity contribution in [3.05, 3.63) is 72.1 Å². The minimum atomic E-state index is -1.59. The topological polar surface area (TPSA) is 105 Å². The summed E-state index contributed by atoms with van der Waals surface area (Å²) in [5, 5.41) is 0. The molecule has 0 aromatic heterocycles. The first-order valence-corrected chi connectivity index (χ1v) is 7.33. The lowest BCUT2D eigenvalue weighted by Crippen LogP contribution is -2.17. The maximum Gasteiger partial charge on any atom is 0.359 e. The van der Waals surface area contributed by atoms with E-state index in [0.29, 0.717) is 12.1 Å². The zero-order valence-corrected chi connectivity index (χ0v) is 14.0. The average molecular weight is 396 g/mol. The first-order chi connectivity index (χ1) is 13.0. The standard InChI is InChI=1S/C18H12F4N2O4/c1-7(23)17(25)27-13-4-3-10(14(21)15(13)22)9-5-11(19)16(12(20)6-9)28-18(26)8(2)24/h3-6H,1-2,23-24H2. The molecule has 2 aromatic rings. The van der Waals surface area contributed by atoms with E-state index in [1.54, 1.807) is 0 Å². The fourth-order valence-corrected chi connectivity index (χ4v) is 1.97. The summed E-state index contributed by atoms with van der Waals surface area (Å²) >= 11 is 0. The molecule has 0 saturated carbocycles. The zero-order chi connectivity index (χ0) is 21.2. The Bertz CT molecular complexity index is 998. The summed E-state index contributed by atoms with van der Waals surface area (Å²) in [5.41, 5.74) is 8.02. The fraction of sp³-hybridized carbons (Fsp3) is 0. The van der Waals surface area contributed by atoms with Gasteiger partial charge in [0.2, 0.25) is 11.6 Å². The Balaban J connectivity index is 2.44. The molecule has 0 unspecified atom stereocenters. The van der Waals surface area contributed by atoms with Crippen LogP contribution >= 0.6 is 0 Å². The largest absolute Gasteiger partial charge is 0.419 e. The number of carbonyl (C=O) groups excluding carboxylic acids is 2. The van der Waals surface area contributed by atoms with Crippen LogP contribution in [0.2, 0.25) is 0 Å². The minimum absolute atomic E-state index is 0.418. The van der Waals surface area contributed by atoms with Crippen LogP contribution in [0.5, 0.6) is 11.5 Å². The van der Waals surface area contributed by atoms with Gasteiger partial charge in [-0.15, -0.1) is 0 Å². The number of halogens is 4. The lowest BCUT2D eigenvalue weighted by Gasteiger charge is -2.11. The van der Waals surface area contributed by atoms with Crippen molar-refractivity contribution in [2.75, 3.05) is 0 Å². The van der Waals surface area contributed by atoms with Crippen LogP contribution in [0.25, 0.3) is 11.1 Å². The molecule has 146 valence electrons. The summed E-state index contributed by atoms with van der Waals surface area (Å²) in [4.78, 5) is 22.6. The number of carbonyl (C=O) groups is 2. The molecular weight excluding hydrogens is 384 g/mol. The third-order valence-corrected chi connectivity index (χ3v) is 3.28. The van der Waals surface area contributed by atoms with Crippen molar-refractivity contribution in [2.24, 2.45) is 11.5 Å². The minimum Gasteiger partial charge on any atom is -0.419 e. The first kappa shape index (κ1) is 20.5. The van der Waals surface area contributed by atoms with E-state index < -0.39 is 69.2 Å². The quantitative estimate of drug-likeness (QED) is 0.349. The van der Waals surface area contributed by atoms with Gasteiger partial charge < -0.3 is 20.9 Å². The normalized spacial score (nSPS) is 10.3. The predicted molar refractivity (Wildman–Crippen MR) is 89.6 cm³/mol. The Morgan fingerprint density at radius 3 is 1.82 bits per heavy atom. The van der Waals surface area contributed by atoms with E-state index in [0.717, 1.165) is 12.1 Å². The molecule has 2 rings (SSSR count). The van der Waals surface area contributed by atoms with Crippen molar-refractivity contribution in [3.8, 4) is 22.6 Å². The second kappa shape index (κ2) is 7.82. The van der Waals surface area contributed by atoms with Gasteiger partial charge in [-0.3, -0.25) is 0 Å². The summed E-state index contributed by atoms with van der Waals surface area (Å²) in [6.07, 6.45) is 0. The van der Waals surface area contributed by atoms with E-state index in [1.165, 1.54) is 0 Å². The third-order valence-electron chi connectivity index (χ3n) is 3.28. The molecular formula is C18H12F4N2O4. The van der Waals surface area contributed by atoms with Crippen molar-refractivity contribution < 1.29 is 36.6 Å². The van der Waals surface area contributed by atoms with Gasteiger partial charge in [0.25, 0.3) is 0 Å². The van der Waals surface area contributed by atoms with Gasteiger partial charge in [0, 0.05) is 5.56 Å². The molecule has 0 heterocycles.